The highest BCUT2D eigenvalue weighted by Crippen LogP contribution is 2.27. The van der Waals surface area contributed by atoms with Crippen LogP contribution in [0.5, 0.6) is 0 Å². The van der Waals surface area contributed by atoms with Gasteiger partial charge in [0.15, 0.2) is 0 Å². The molecule has 0 unspecified atom stereocenters. The highest BCUT2D eigenvalue weighted by molar-refractivity contribution is 5.68. The lowest BCUT2D eigenvalue weighted by Gasteiger charge is -2.26. The molecular formula is C23H22N4O. The third kappa shape index (κ3) is 3.30. The van der Waals surface area contributed by atoms with Gasteiger partial charge in [0.25, 0.3) is 0 Å². The van der Waals surface area contributed by atoms with Crippen LogP contribution in [0.25, 0.3) is 28.2 Å². The Balaban J connectivity index is 1.64. The summed E-state index contributed by atoms with van der Waals surface area (Å²) in [5, 5.41) is 0. The summed E-state index contributed by atoms with van der Waals surface area (Å²) in [5.41, 5.74) is 6.38. The van der Waals surface area contributed by atoms with Crippen molar-refractivity contribution >= 4 is 5.65 Å². The van der Waals surface area contributed by atoms with Gasteiger partial charge in [0.2, 0.25) is 0 Å². The van der Waals surface area contributed by atoms with Gasteiger partial charge in [-0.1, -0.05) is 36.4 Å². The van der Waals surface area contributed by atoms with E-state index in [1.54, 1.807) is 0 Å². The molecule has 1 fully saturated rings. The largest absolute Gasteiger partial charge is 0.379 e. The monoisotopic (exact) mass is 370 g/mol. The molecular weight excluding hydrogens is 348 g/mol. The van der Waals surface area contributed by atoms with Gasteiger partial charge in [0.05, 0.1) is 24.6 Å². The van der Waals surface area contributed by atoms with Gasteiger partial charge < -0.3 is 9.14 Å². The lowest BCUT2D eigenvalue weighted by atomic mass is 10.1. The van der Waals surface area contributed by atoms with Gasteiger partial charge in [0, 0.05) is 32.0 Å². The minimum atomic E-state index is 0.783. The Morgan fingerprint density at radius 2 is 1.68 bits per heavy atom. The van der Waals surface area contributed by atoms with Crippen molar-refractivity contribution in [1.82, 2.24) is 19.3 Å². The van der Waals surface area contributed by atoms with E-state index < -0.39 is 0 Å². The van der Waals surface area contributed by atoms with Gasteiger partial charge in [-0.15, -0.1) is 0 Å². The Kier molecular flexibility index (Phi) is 4.61. The summed E-state index contributed by atoms with van der Waals surface area (Å²) in [5.74, 6) is 0. The fraction of sp³-hybridized carbons (Fsp3) is 0.217. The van der Waals surface area contributed by atoms with Gasteiger partial charge in [-0.3, -0.25) is 9.88 Å². The van der Waals surface area contributed by atoms with Crippen molar-refractivity contribution < 1.29 is 4.74 Å². The maximum absolute atomic E-state index is 5.52. The summed E-state index contributed by atoms with van der Waals surface area (Å²) < 4.78 is 7.75. The number of nitrogens with zero attached hydrogens (tertiary/aromatic N) is 4. The first-order chi connectivity index (χ1) is 13.9. The zero-order valence-corrected chi connectivity index (χ0v) is 15.7. The number of imidazole rings is 1. The Hall–Kier alpha value is -3.02. The lowest BCUT2D eigenvalue weighted by molar-refractivity contribution is 0.0336. The average molecular weight is 370 g/mol. The summed E-state index contributed by atoms with van der Waals surface area (Å²) in [4.78, 5) is 11.9. The molecule has 0 spiro atoms. The quantitative estimate of drug-likeness (QED) is 0.546. The van der Waals surface area contributed by atoms with E-state index in [0.717, 1.165) is 49.9 Å². The summed E-state index contributed by atoms with van der Waals surface area (Å²) >= 11 is 0. The number of benzene rings is 1. The van der Waals surface area contributed by atoms with Crippen molar-refractivity contribution in [2.45, 2.75) is 6.54 Å². The molecule has 1 saturated heterocycles. The third-order valence-corrected chi connectivity index (χ3v) is 5.21. The number of hydrogen-bond donors (Lipinski definition) is 0. The molecule has 5 rings (SSSR count). The molecule has 0 aliphatic carbocycles. The van der Waals surface area contributed by atoms with Crippen LogP contribution in [0.4, 0.5) is 0 Å². The molecule has 3 aromatic heterocycles. The Labute approximate surface area is 164 Å². The van der Waals surface area contributed by atoms with Crippen LogP contribution in [0.2, 0.25) is 0 Å². The predicted molar refractivity (Wildman–Crippen MR) is 110 cm³/mol. The molecule has 1 aliphatic rings. The van der Waals surface area contributed by atoms with Crippen LogP contribution in [0.15, 0.2) is 73.1 Å². The van der Waals surface area contributed by atoms with Crippen molar-refractivity contribution in [3.63, 3.8) is 0 Å². The van der Waals surface area contributed by atoms with Gasteiger partial charge in [-0.2, -0.15) is 0 Å². The van der Waals surface area contributed by atoms with Crippen LogP contribution >= 0.6 is 0 Å². The molecule has 5 heteroatoms. The van der Waals surface area contributed by atoms with Gasteiger partial charge in [-0.25, -0.2) is 4.98 Å². The fourth-order valence-electron chi connectivity index (χ4n) is 3.72. The summed E-state index contributed by atoms with van der Waals surface area (Å²) in [7, 11) is 0. The van der Waals surface area contributed by atoms with E-state index in [0.29, 0.717) is 0 Å². The lowest BCUT2D eigenvalue weighted by Crippen LogP contribution is -2.36. The molecule has 4 aromatic rings. The van der Waals surface area contributed by atoms with Crippen molar-refractivity contribution in [3.8, 4) is 22.5 Å². The summed E-state index contributed by atoms with van der Waals surface area (Å²) in [6.07, 6.45) is 4.02. The van der Waals surface area contributed by atoms with Crippen LogP contribution in [-0.2, 0) is 11.3 Å². The number of aromatic nitrogens is 3. The van der Waals surface area contributed by atoms with Crippen LogP contribution in [0, 0.1) is 0 Å². The minimum absolute atomic E-state index is 0.783. The second kappa shape index (κ2) is 7.54. The number of pyridine rings is 2. The van der Waals surface area contributed by atoms with Gasteiger partial charge >= 0.3 is 0 Å². The number of ether oxygens (including phenoxy) is 1. The molecule has 5 nitrogen and oxygen atoms in total. The Bertz CT molecular complexity index is 1070. The highest BCUT2D eigenvalue weighted by Gasteiger charge is 2.19. The Morgan fingerprint density at radius 1 is 0.857 bits per heavy atom. The molecule has 140 valence electrons. The smallest absolute Gasteiger partial charge is 0.137 e. The molecule has 0 radical (unpaired) electrons. The standard InChI is InChI=1S/C23H22N4O/c1-2-6-18(7-3-1)19-9-10-22-25-23(20-8-4-5-11-24-20)21(27(22)16-19)17-26-12-14-28-15-13-26/h1-11,16H,12-15,17H2. The summed E-state index contributed by atoms with van der Waals surface area (Å²) in [6.45, 7) is 4.27. The molecule has 1 aromatic carbocycles. The number of hydrogen-bond acceptors (Lipinski definition) is 4. The van der Waals surface area contributed by atoms with Crippen molar-refractivity contribution in [2.75, 3.05) is 26.3 Å². The average Bonchev–Trinajstić information content (AvgIpc) is 3.13. The van der Waals surface area contributed by atoms with E-state index in [1.165, 1.54) is 16.8 Å². The zero-order valence-electron chi connectivity index (χ0n) is 15.7. The summed E-state index contributed by atoms with van der Waals surface area (Å²) in [6, 6.07) is 20.7. The highest BCUT2D eigenvalue weighted by atomic mass is 16.5. The van der Waals surface area contributed by atoms with Gasteiger partial charge in [0.1, 0.15) is 11.3 Å². The van der Waals surface area contributed by atoms with E-state index >= 15 is 0 Å². The third-order valence-electron chi connectivity index (χ3n) is 5.21. The molecule has 0 bridgehead atoms. The molecule has 0 amide bonds. The number of fused-ring (bicyclic) bond motifs is 1. The van der Waals surface area contributed by atoms with Crippen LogP contribution in [0.1, 0.15) is 5.69 Å². The fourth-order valence-corrected chi connectivity index (χ4v) is 3.72. The van der Waals surface area contributed by atoms with Crippen molar-refractivity contribution in [3.05, 3.63) is 78.8 Å². The van der Waals surface area contributed by atoms with E-state index in [1.807, 2.05) is 30.5 Å². The van der Waals surface area contributed by atoms with Gasteiger partial charge in [-0.05, 0) is 35.4 Å². The van der Waals surface area contributed by atoms with Crippen molar-refractivity contribution in [1.29, 1.82) is 0 Å². The van der Waals surface area contributed by atoms with Crippen molar-refractivity contribution in [2.24, 2.45) is 0 Å². The zero-order chi connectivity index (χ0) is 18.8. The first-order valence-electron chi connectivity index (χ1n) is 9.66. The second-order valence-electron chi connectivity index (χ2n) is 7.02. The van der Waals surface area contributed by atoms with E-state index in [2.05, 4.69) is 56.9 Å². The van der Waals surface area contributed by atoms with E-state index in [4.69, 9.17) is 9.72 Å². The number of rotatable bonds is 4. The van der Waals surface area contributed by atoms with Crippen LogP contribution in [-0.4, -0.2) is 45.6 Å². The maximum atomic E-state index is 5.52. The van der Waals surface area contributed by atoms with E-state index in [-0.39, 0.29) is 0 Å². The Morgan fingerprint density at radius 3 is 2.46 bits per heavy atom. The SMILES string of the molecule is c1ccc(-c2ccc3nc(-c4ccccn4)c(CN4CCOCC4)n3c2)cc1. The molecule has 0 saturated carbocycles. The van der Waals surface area contributed by atoms with E-state index in [9.17, 15) is 0 Å². The second-order valence-corrected chi connectivity index (χ2v) is 7.02. The predicted octanol–water partition coefficient (Wildman–Crippen LogP) is 3.90. The minimum Gasteiger partial charge on any atom is -0.379 e. The van der Waals surface area contributed by atoms with Crippen LogP contribution in [0.3, 0.4) is 0 Å². The topological polar surface area (TPSA) is 42.7 Å². The molecule has 1 aliphatic heterocycles. The first-order valence-corrected chi connectivity index (χ1v) is 9.66. The first kappa shape index (κ1) is 17.1. The normalized spacial score (nSPS) is 15.1. The molecule has 4 heterocycles. The molecule has 0 N–H and O–H groups in total. The van der Waals surface area contributed by atoms with Crippen LogP contribution < -0.4 is 0 Å². The maximum Gasteiger partial charge on any atom is 0.137 e. The molecule has 28 heavy (non-hydrogen) atoms. The number of morpholine rings is 1. The molecule has 0 atom stereocenters.